The van der Waals surface area contributed by atoms with E-state index in [1.54, 1.807) is 12.1 Å². The first-order valence-corrected chi connectivity index (χ1v) is 7.41. The summed E-state index contributed by atoms with van der Waals surface area (Å²) in [7, 11) is 0. The second kappa shape index (κ2) is 7.23. The molecule has 0 aliphatic rings. The lowest BCUT2D eigenvalue weighted by atomic mass is 9.98. The predicted molar refractivity (Wildman–Crippen MR) is 86.1 cm³/mol. The average Bonchev–Trinajstić information content (AvgIpc) is 2.44. The van der Waals surface area contributed by atoms with Gasteiger partial charge in [0.05, 0.1) is 0 Å². The zero-order chi connectivity index (χ0) is 15.4. The van der Waals surface area contributed by atoms with E-state index in [4.69, 9.17) is 29.0 Å². The lowest BCUT2D eigenvalue weighted by molar-refractivity contribution is 0.506. The third kappa shape index (κ3) is 4.17. The molecule has 2 aromatic rings. The van der Waals surface area contributed by atoms with Crippen LogP contribution in [0.1, 0.15) is 16.7 Å². The molecule has 0 bridgehead atoms. The molecule has 2 nitrogen and oxygen atoms in total. The molecular formula is C16H17Cl2FN2. The number of hydrogen-bond acceptors (Lipinski definition) is 2. The fraction of sp³-hybridized carbons (Fsp3) is 0.250. The highest BCUT2D eigenvalue weighted by Crippen LogP contribution is 2.23. The van der Waals surface area contributed by atoms with Crippen molar-refractivity contribution in [1.29, 1.82) is 0 Å². The number of benzene rings is 2. The van der Waals surface area contributed by atoms with E-state index in [1.807, 2.05) is 25.1 Å². The van der Waals surface area contributed by atoms with Crippen molar-refractivity contribution in [3.63, 3.8) is 0 Å². The van der Waals surface area contributed by atoms with Gasteiger partial charge in [0.15, 0.2) is 0 Å². The Morgan fingerprint density at radius 3 is 2.52 bits per heavy atom. The molecule has 0 heterocycles. The SMILES string of the molecule is Cc1ccc(CC(Cc2c(F)cccc2Cl)NN)c(Cl)c1. The molecule has 0 aliphatic heterocycles. The Labute approximate surface area is 134 Å². The van der Waals surface area contributed by atoms with Crippen LogP contribution in [0.15, 0.2) is 36.4 Å². The van der Waals surface area contributed by atoms with E-state index in [0.29, 0.717) is 28.5 Å². The van der Waals surface area contributed by atoms with E-state index in [1.165, 1.54) is 6.07 Å². The number of hydrazine groups is 1. The number of halogens is 3. The number of aryl methyl sites for hydroxylation is 1. The second-order valence-corrected chi connectivity index (χ2v) is 5.88. The van der Waals surface area contributed by atoms with Gasteiger partial charge in [0.2, 0.25) is 0 Å². The van der Waals surface area contributed by atoms with E-state index in [9.17, 15) is 4.39 Å². The van der Waals surface area contributed by atoms with Gasteiger partial charge in [-0.3, -0.25) is 11.3 Å². The minimum Gasteiger partial charge on any atom is -0.271 e. The summed E-state index contributed by atoms with van der Waals surface area (Å²) in [6, 6.07) is 10.4. The van der Waals surface area contributed by atoms with Crippen molar-refractivity contribution in [3.05, 3.63) is 69.0 Å². The molecule has 3 N–H and O–H groups in total. The highest BCUT2D eigenvalue weighted by molar-refractivity contribution is 6.31. The standard InChI is InChI=1S/C16H17Cl2FN2/c1-10-5-6-11(15(18)7-10)8-12(21-20)9-13-14(17)3-2-4-16(13)19/h2-7,12,21H,8-9,20H2,1H3. The molecule has 1 unspecified atom stereocenters. The summed E-state index contributed by atoms with van der Waals surface area (Å²) in [5.74, 6) is 5.27. The van der Waals surface area contributed by atoms with Crippen LogP contribution in [0.2, 0.25) is 10.0 Å². The first kappa shape index (κ1) is 16.2. The Hall–Kier alpha value is -1.13. The van der Waals surface area contributed by atoms with Gasteiger partial charge in [-0.2, -0.15) is 0 Å². The maximum atomic E-state index is 13.8. The van der Waals surface area contributed by atoms with Gasteiger partial charge < -0.3 is 0 Å². The molecule has 0 aliphatic carbocycles. The van der Waals surface area contributed by atoms with E-state index in [2.05, 4.69) is 5.43 Å². The van der Waals surface area contributed by atoms with Crippen LogP contribution in [0.4, 0.5) is 4.39 Å². The molecule has 112 valence electrons. The first-order valence-electron chi connectivity index (χ1n) is 6.65. The summed E-state index contributed by atoms with van der Waals surface area (Å²) >= 11 is 12.3. The summed E-state index contributed by atoms with van der Waals surface area (Å²) in [5, 5.41) is 1.10. The summed E-state index contributed by atoms with van der Waals surface area (Å²) < 4.78 is 13.8. The van der Waals surface area contributed by atoms with Crippen molar-refractivity contribution in [2.24, 2.45) is 5.84 Å². The lowest BCUT2D eigenvalue weighted by Gasteiger charge is -2.18. The molecule has 0 aromatic heterocycles. The molecule has 1 atom stereocenters. The highest BCUT2D eigenvalue weighted by atomic mass is 35.5. The van der Waals surface area contributed by atoms with E-state index < -0.39 is 0 Å². The van der Waals surface area contributed by atoms with Gasteiger partial charge >= 0.3 is 0 Å². The quantitative estimate of drug-likeness (QED) is 0.642. The van der Waals surface area contributed by atoms with Gasteiger partial charge in [-0.25, -0.2) is 4.39 Å². The number of nitrogens with two attached hydrogens (primary N) is 1. The molecule has 0 amide bonds. The van der Waals surface area contributed by atoms with Gasteiger partial charge in [-0.05, 0) is 49.1 Å². The van der Waals surface area contributed by atoms with Crippen LogP contribution in [0, 0.1) is 12.7 Å². The highest BCUT2D eigenvalue weighted by Gasteiger charge is 2.15. The third-order valence-corrected chi connectivity index (χ3v) is 4.13. The van der Waals surface area contributed by atoms with Crippen LogP contribution in [0.3, 0.4) is 0 Å². The zero-order valence-electron chi connectivity index (χ0n) is 11.7. The fourth-order valence-electron chi connectivity index (χ4n) is 2.25. The van der Waals surface area contributed by atoms with Gasteiger partial charge in [0.25, 0.3) is 0 Å². The van der Waals surface area contributed by atoms with Gasteiger partial charge in [-0.15, -0.1) is 0 Å². The van der Waals surface area contributed by atoms with Crippen LogP contribution < -0.4 is 11.3 Å². The first-order chi connectivity index (χ1) is 10.0. The lowest BCUT2D eigenvalue weighted by Crippen LogP contribution is -2.38. The molecule has 0 saturated heterocycles. The van der Waals surface area contributed by atoms with Gasteiger partial charge in [0.1, 0.15) is 5.82 Å². The molecular weight excluding hydrogens is 310 g/mol. The summed E-state index contributed by atoms with van der Waals surface area (Å²) in [6.07, 6.45) is 0.993. The maximum Gasteiger partial charge on any atom is 0.127 e. The molecule has 2 rings (SSSR count). The molecule has 21 heavy (non-hydrogen) atoms. The Balaban J connectivity index is 2.17. The Morgan fingerprint density at radius 1 is 1.14 bits per heavy atom. The Bertz CT molecular complexity index is 611. The smallest absolute Gasteiger partial charge is 0.127 e. The van der Waals surface area contributed by atoms with Crippen LogP contribution in [-0.2, 0) is 12.8 Å². The zero-order valence-corrected chi connectivity index (χ0v) is 13.2. The molecule has 5 heteroatoms. The minimum atomic E-state index is -0.322. The normalized spacial score (nSPS) is 12.4. The average molecular weight is 327 g/mol. The predicted octanol–water partition coefficient (Wildman–Crippen LogP) is 4.06. The van der Waals surface area contributed by atoms with Crippen molar-refractivity contribution in [1.82, 2.24) is 5.43 Å². The largest absolute Gasteiger partial charge is 0.271 e. The molecule has 0 fully saturated rings. The number of rotatable bonds is 5. The minimum absolute atomic E-state index is 0.153. The van der Waals surface area contributed by atoms with Crippen LogP contribution in [-0.4, -0.2) is 6.04 Å². The summed E-state index contributed by atoms with van der Waals surface area (Å²) in [5.41, 5.74) is 5.24. The maximum absolute atomic E-state index is 13.8. The van der Waals surface area contributed by atoms with E-state index >= 15 is 0 Å². The van der Waals surface area contributed by atoms with E-state index in [-0.39, 0.29) is 11.9 Å². The number of nitrogens with one attached hydrogen (secondary N) is 1. The van der Waals surface area contributed by atoms with Gasteiger partial charge in [-0.1, -0.05) is 41.4 Å². The van der Waals surface area contributed by atoms with Crippen LogP contribution >= 0.6 is 23.2 Å². The van der Waals surface area contributed by atoms with Crippen molar-refractivity contribution in [2.75, 3.05) is 0 Å². The summed E-state index contributed by atoms with van der Waals surface area (Å²) in [6.45, 7) is 1.98. The van der Waals surface area contributed by atoms with Crippen molar-refractivity contribution >= 4 is 23.2 Å². The van der Waals surface area contributed by atoms with Crippen molar-refractivity contribution < 1.29 is 4.39 Å². The van der Waals surface area contributed by atoms with Crippen LogP contribution in [0.5, 0.6) is 0 Å². The van der Waals surface area contributed by atoms with Crippen molar-refractivity contribution in [3.8, 4) is 0 Å². The molecule has 0 saturated carbocycles. The fourth-order valence-corrected chi connectivity index (χ4v) is 2.80. The van der Waals surface area contributed by atoms with Crippen molar-refractivity contribution in [2.45, 2.75) is 25.8 Å². The molecule has 0 spiro atoms. The van der Waals surface area contributed by atoms with Gasteiger partial charge in [0, 0.05) is 21.7 Å². The molecule has 0 radical (unpaired) electrons. The monoisotopic (exact) mass is 326 g/mol. The molecule has 2 aromatic carbocycles. The third-order valence-electron chi connectivity index (χ3n) is 3.42. The topological polar surface area (TPSA) is 38.0 Å². The Kier molecular flexibility index (Phi) is 5.59. The Morgan fingerprint density at radius 2 is 1.90 bits per heavy atom. The second-order valence-electron chi connectivity index (χ2n) is 5.07. The van der Waals surface area contributed by atoms with Crippen LogP contribution in [0.25, 0.3) is 0 Å². The van der Waals surface area contributed by atoms with E-state index in [0.717, 1.165) is 11.1 Å². The summed E-state index contributed by atoms with van der Waals surface area (Å²) in [4.78, 5) is 0. The number of hydrogen-bond donors (Lipinski definition) is 2.